The molecule has 5 rings (SSSR count). The van der Waals surface area contributed by atoms with Gasteiger partial charge in [-0.1, -0.05) is 112 Å². The van der Waals surface area contributed by atoms with Crippen molar-refractivity contribution in [3.63, 3.8) is 0 Å². The van der Waals surface area contributed by atoms with Crippen molar-refractivity contribution in [3.8, 4) is 0 Å². The number of aliphatic hydroxyl groups is 1. The fourth-order valence-electron chi connectivity index (χ4n) is 6.84. The van der Waals surface area contributed by atoms with E-state index in [0.29, 0.717) is 19.6 Å². The molecule has 3 aliphatic rings. The van der Waals surface area contributed by atoms with E-state index in [9.17, 15) is 14.7 Å². The smallest absolute Gasteiger partial charge is 0.410 e. The van der Waals surface area contributed by atoms with Gasteiger partial charge in [-0.05, 0) is 43.2 Å². The van der Waals surface area contributed by atoms with Crippen molar-refractivity contribution in [1.82, 2.24) is 10.2 Å². The first-order valence-electron chi connectivity index (χ1n) is 17.5. The largest absolute Gasteiger partial charge is 0.443 e. The maximum atomic E-state index is 13.8. The van der Waals surface area contributed by atoms with Crippen molar-refractivity contribution in [2.24, 2.45) is 5.92 Å². The average molecular weight is 637 g/mol. The number of ether oxygens (including phenoxy) is 4. The van der Waals surface area contributed by atoms with Crippen LogP contribution in [0, 0.1) is 5.92 Å². The highest BCUT2D eigenvalue weighted by molar-refractivity contribution is 5.69. The standard InChI is InChI=1S/C37H52N2O7/c40-32(31(25-28-17-11-9-12-18-28)38-36(41)45-34-27-44-35-30(34)22-24-43-35)26-39-23-16-8-6-4-2-1-3-5-7-15-21-33(46-37(39)42)29-19-13-10-14-20-29/h9-14,17-20,30-35,40H,1-8,15-16,21-27H2,(H,38,41)/t30-,31-,32+,33?,34-,35+/m0/s1. The Labute approximate surface area is 273 Å². The minimum Gasteiger partial charge on any atom is -0.443 e. The lowest BCUT2D eigenvalue weighted by Gasteiger charge is -2.31. The van der Waals surface area contributed by atoms with Crippen LogP contribution in [-0.2, 0) is 25.4 Å². The Hall–Kier alpha value is -3.14. The molecule has 0 aromatic heterocycles. The van der Waals surface area contributed by atoms with E-state index in [4.69, 9.17) is 18.9 Å². The van der Waals surface area contributed by atoms with Gasteiger partial charge in [-0.15, -0.1) is 0 Å². The molecule has 2 amide bonds. The molecule has 2 N–H and O–H groups in total. The van der Waals surface area contributed by atoms with E-state index >= 15 is 0 Å². The molecule has 2 aromatic rings. The molecule has 9 nitrogen and oxygen atoms in total. The van der Waals surface area contributed by atoms with Crippen LogP contribution in [-0.4, -0.2) is 73.0 Å². The first-order chi connectivity index (χ1) is 22.6. The van der Waals surface area contributed by atoms with E-state index in [1.807, 2.05) is 60.7 Å². The predicted octanol–water partition coefficient (Wildman–Crippen LogP) is 6.93. The van der Waals surface area contributed by atoms with Gasteiger partial charge in [-0.2, -0.15) is 0 Å². The first kappa shape index (κ1) is 34.2. The van der Waals surface area contributed by atoms with E-state index in [1.54, 1.807) is 4.90 Å². The fraction of sp³-hybridized carbons (Fsp3) is 0.622. The molecule has 6 atom stereocenters. The van der Waals surface area contributed by atoms with Gasteiger partial charge in [-0.25, -0.2) is 9.59 Å². The Balaban J connectivity index is 1.28. The van der Waals surface area contributed by atoms with Crippen LogP contribution < -0.4 is 5.32 Å². The molecule has 0 spiro atoms. The zero-order chi connectivity index (χ0) is 32.0. The molecule has 3 saturated heterocycles. The van der Waals surface area contributed by atoms with Crippen molar-refractivity contribution >= 4 is 12.2 Å². The van der Waals surface area contributed by atoms with Crippen LogP contribution in [0.2, 0.25) is 0 Å². The lowest BCUT2D eigenvalue weighted by atomic mass is 10.0. The summed E-state index contributed by atoms with van der Waals surface area (Å²) in [6.45, 7) is 1.38. The van der Waals surface area contributed by atoms with Crippen molar-refractivity contribution in [1.29, 1.82) is 0 Å². The minimum absolute atomic E-state index is 0.0140. The number of alkyl carbamates (subject to hydrolysis) is 1. The molecule has 3 fully saturated rings. The quantitative estimate of drug-likeness (QED) is 0.324. The van der Waals surface area contributed by atoms with E-state index < -0.39 is 30.4 Å². The van der Waals surface area contributed by atoms with E-state index in [2.05, 4.69) is 5.32 Å². The highest BCUT2D eigenvalue weighted by atomic mass is 16.7. The van der Waals surface area contributed by atoms with Gasteiger partial charge < -0.3 is 34.3 Å². The molecular formula is C37H52N2O7. The van der Waals surface area contributed by atoms with Crippen molar-refractivity contribution in [3.05, 3.63) is 71.8 Å². The zero-order valence-electron chi connectivity index (χ0n) is 27.1. The number of carbonyl (C=O) groups excluding carboxylic acids is 2. The van der Waals surface area contributed by atoms with Crippen LogP contribution in [0.15, 0.2) is 60.7 Å². The Kier molecular flexibility index (Phi) is 13.6. The second-order valence-electron chi connectivity index (χ2n) is 13.0. The molecular weight excluding hydrogens is 584 g/mol. The number of aliphatic hydroxyl groups excluding tert-OH is 1. The highest BCUT2D eigenvalue weighted by Gasteiger charge is 2.44. The lowest BCUT2D eigenvalue weighted by Crippen LogP contribution is -2.51. The third kappa shape index (κ3) is 10.4. The number of cyclic esters (lactones) is 1. The van der Waals surface area contributed by atoms with Crippen LogP contribution in [0.5, 0.6) is 0 Å². The predicted molar refractivity (Wildman–Crippen MR) is 175 cm³/mol. The van der Waals surface area contributed by atoms with Crippen LogP contribution in [0.4, 0.5) is 9.59 Å². The number of nitrogens with one attached hydrogen (secondary N) is 1. The molecule has 0 radical (unpaired) electrons. The summed E-state index contributed by atoms with van der Waals surface area (Å²) in [4.78, 5) is 28.6. The van der Waals surface area contributed by atoms with Crippen LogP contribution in [0.25, 0.3) is 0 Å². The summed E-state index contributed by atoms with van der Waals surface area (Å²) >= 11 is 0. The van der Waals surface area contributed by atoms with Gasteiger partial charge in [0.15, 0.2) is 6.29 Å². The van der Waals surface area contributed by atoms with E-state index in [0.717, 1.165) is 56.1 Å². The first-order valence-corrected chi connectivity index (χ1v) is 17.5. The van der Waals surface area contributed by atoms with Crippen LogP contribution in [0.3, 0.4) is 0 Å². The maximum Gasteiger partial charge on any atom is 0.410 e. The van der Waals surface area contributed by atoms with E-state index in [1.165, 1.54) is 32.1 Å². The number of benzene rings is 2. The van der Waals surface area contributed by atoms with Gasteiger partial charge >= 0.3 is 12.2 Å². The number of β-amino-alcohol motifs (C(OH)–C–C–N with tert-alkyl or cyclic N) is 1. The third-order valence-corrected chi connectivity index (χ3v) is 9.53. The zero-order valence-corrected chi connectivity index (χ0v) is 27.1. The molecule has 46 heavy (non-hydrogen) atoms. The SMILES string of the molecule is O=C(N[C@@H](Cc1ccccc1)[C@H](O)CN1CCCCCCCCCCCCC(c2ccccc2)OC1=O)O[C@H]1CO[C@H]2OCC[C@H]21. The van der Waals surface area contributed by atoms with Gasteiger partial charge in [0.05, 0.1) is 37.8 Å². The Morgan fingerprint density at radius 2 is 1.52 bits per heavy atom. The average Bonchev–Trinajstić information content (AvgIpc) is 3.69. The highest BCUT2D eigenvalue weighted by Crippen LogP contribution is 2.33. The number of nitrogens with zero attached hydrogens (tertiary/aromatic N) is 1. The molecule has 252 valence electrons. The second kappa shape index (κ2) is 18.3. The third-order valence-electron chi connectivity index (χ3n) is 9.53. The molecule has 3 heterocycles. The van der Waals surface area contributed by atoms with E-state index in [-0.39, 0.29) is 31.5 Å². The van der Waals surface area contributed by atoms with Gasteiger partial charge in [0.25, 0.3) is 0 Å². The molecule has 0 bridgehead atoms. The van der Waals surface area contributed by atoms with Gasteiger partial charge in [0, 0.05) is 6.54 Å². The molecule has 1 unspecified atom stereocenters. The van der Waals surface area contributed by atoms with Crippen molar-refractivity contribution in [2.75, 3.05) is 26.3 Å². The molecule has 0 aliphatic carbocycles. The number of fused-ring (bicyclic) bond motifs is 1. The summed E-state index contributed by atoms with van der Waals surface area (Å²) in [5, 5.41) is 14.6. The molecule has 3 aliphatic heterocycles. The fourth-order valence-corrected chi connectivity index (χ4v) is 6.84. The number of carbonyl (C=O) groups is 2. The summed E-state index contributed by atoms with van der Waals surface area (Å²) in [6, 6.07) is 19.0. The lowest BCUT2D eigenvalue weighted by molar-refractivity contribution is -0.0907. The summed E-state index contributed by atoms with van der Waals surface area (Å²) in [5.41, 5.74) is 1.94. The number of hydrogen-bond acceptors (Lipinski definition) is 7. The normalized spacial score (nSPS) is 26.5. The van der Waals surface area contributed by atoms with Crippen LogP contribution >= 0.6 is 0 Å². The summed E-state index contributed by atoms with van der Waals surface area (Å²) < 4.78 is 23.2. The monoisotopic (exact) mass is 636 g/mol. The summed E-state index contributed by atoms with van der Waals surface area (Å²) in [6.07, 6.45) is 9.99. The molecule has 9 heteroatoms. The van der Waals surface area contributed by atoms with Crippen LogP contribution in [0.1, 0.15) is 94.3 Å². The van der Waals surface area contributed by atoms with Gasteiger partial charge in [-0.3, -0.25) is 0 Å². The summed E-state index contributed by atoms with van der Waals surface area (Å²) in [7, 11) is 0. The number of rotatable bonds is 8. The second-order valence-corrected chi connectivity index (χ2v) is 13.0. The number of hydrogen-bond donors (Lipinski definition) is 2. The topological polar surface area (TPSA) is 107 Å². The Bertz CT molecular complexity index is 1180. The van der Waals surface area contributed by atoms with Crippen molar-refractivity contribution in [2.45, 2.75) is 114 Å². The van der Waals surface area contributed by atoms with Gasteiger partial charge in [0.1, 0.15) is 12.2 Å². The minimum atomic E-state index is -1.05. The maximum absolute atomic E-state index is 13.8. The molecule has 2 aromatic carbocycles. The molecule has 0 saturated carbocycles. The van der Waals surface area contributed by atoms with Crippen molar-refractivity contribution < 1.29 is 33.6 Å². The van der Waals surface area contributed by atoms with Gasteiger partial charge in [0.2, 0.25) is 0 Å². The Morgan fingerprint density at radius 1 is 0.870 bits per heavy atom. The Morgan fingerprint density at radius 3 is 2.24 bits per heavy atom. The summed E-state index contributed by atoms with van der Waals surface area (Å²) in [5.74, 6) is 0.0140. The number of amides is 2.